The first kappa shape index (κ1) is 11.7. The molecular weight excluding hydrogens is 241 g/mol. The third-order valence-corrected chi connectivity index (χ3v) is 2.60. The van der Waals surface area contributed by atoms with Gasteiger partial charge in [0.15, 0.2) is 5.78 Å². The number of halogens is 2. The maximum atomic E-state index is 13.4. The first-order chi connectivity index (χ1) is 8.16. The summed E-state index contributed by atoms with van der Waals surface area (Å²) in [6.45, 7) is 0. The van der Waals surface area contributed by atoms with Gasteiger partial charge in [0.1, 0.15) is 5.82 Å². The Kier molecular flexibility index (Phi) is 3.49. The lowest BCUT2D eigenvalue weighted by molar-refractivity contribution is 0.0991. The first-order valence-electron chi connectivity index (χ1n) is 5.04. The average Bonchev–Trinajstić information content (AvgIpc) is 2.35. The minimum Gasteiger partial charge on any atom is -0.294 e. The maximum Gasteiger partial charge on any atom is 0.167 e. The van der Waals surface area contributed by atoms with Gasteiger partial charge in [-0.1, -0.05) is 11.6 Å². The molecule has 0 saturated heterocycles. The zero-order chi connectivity index (χ0) is 12.3. The number of pyridine rings is 1. The largest absolute Gasteiger partial charge is 0.294 e. The molecule has 1 aromatic heterocycles. The van der Waals surface area contributed by atoms with Gasteiger partial charge in [-0.15, -0.1) is 0 Å². The Morgan fingerprint density at radius 2 is 1.94 bits per heavy atom. The Balaban J connectivity index is 2.22. The van der Waals surface area contributed by atoms with E-state index in [1.807, 2.05) is 0 Å². The lowest BCUT2D eigenvalue weighted by Gasteiger charge is -2.03. The van der Waals surface area contributed by atoms with Crippen LogP contribution in [0.2, 0.25) is 5.02 Å². The molecule has 0 fully saturated rings. The van der Waals surface area contributed by atoms with Gasteiger partial charge in [-0.3, -0.25) is 9.78 Å². The number of carbonyl (C=O) groups excluding carboxylic acids is 1. The van der Waals surface area contributed by atoms with Gasteiger partial charge < -0.3 is 0 Å². The Morgan fingerprint density at radius 1 is 1.24 bits per heavy atom. The van der Waals surface area contributed by atoms with Gasteiger partial charge in [-0.05, 0) is 35.9 Å². The summed E-state index contributed by atoms with van der Waals surface area (Å²) in [6, 6.07) is 7.39. The van der Waals surface area contributed by atoms with Gasteiger partial charge in [-0.25, -0.2) is 4.39 Å². The second-order valence-electron chi connectivity index (χ2n) is 3.57. The van der Waals surface area contributed by atoms with Crippen molar-refractivity contribution >= 4 is 17.4 Å². The van der Waals surface area contributed by atoms with E-state index in [4.69, 9.17) is 11.6 Å². The standard InChI is InChI=1S/C13H9ClFNO/c14-11-1-2-12(15)10(7-11)8-13(17)9-3-5-16-6-4-9/h1-7H,8H2. The van der Waals surface area contributed by atoms with E-state index in [1.54, 1.807) is 12.1 Å². The molecule has 2 rings (SSSR count). The summed E-state index contributed by atoms with van der Waals surface area (Å²) in [5.74, 6) is -0.578. The van der Waals surface area contributed by atoms with Gasteiger partial charge in [0.2, 0.25) is 0 Å². The summed E-state index contributed by atoms with van der Waals surface area (Å²) in [5, 5.41) is 0.420. The molecule has 0 radical (unpaired) electrons. The number of hydrogen-bond acceptors (Lipinski definition) is 2. The second-order valence-corrected chi connectivity index (χ2v) is 4.01. The average molecular weight is 250 g/mol. The molecule has 2 aromatic rings. The zero-order valence-corrected chi connectivity index (χ0v) is 9.62. The summed E-state index contributed by atoms with van der Waals surface area (Å²) in [5.41, 5.74) is 0.818. The SMILES string of the molecule is O=C(Cc1cc(Cl)ccc1F)c1ccncc1. The topological polar surface area (TPSA) is 30.0 Å². The van der Waals surface area contributed by atoms with Crippen LogP contribution in [-0.4, -0.2) is 10.8 Å². The van der Waals surface area contributed by atoms with E-state index in [9.17, 15) is 9.18 Å². The number of hydrogen-bond donors (Lipinski definition) is 0. The molecule has 0 bridgehead atoms. The Labute approximate surface area is 103 Å². The predicted molar refractivity (Wildman–Crippen MR) is 63.7 cm³/mol. The molecule has 1 heterocycles. The van der Waals surface area contributed by atoms with E-state index in [1.165, 1.54) is 30.6 Å². The van der Waals surface area contributed by atoms with Crippen molar-refractivity contribution in [2.75, 3.05) is 0 Å². The van der Waals surface area contributed by atoms with Gasteiger partial charge >= 0.3 is 0 Å². The molecule has 0 amide bonds. The smallest absolute Gasteiger partial charge is 0.167 e. The van der Waals surface area contributed by atoms with Crippen LogP contribution in [0.25, 0.3) is 0 Å². The minimum atomic E-state index is -0.420. The molecule has 2 nitrogen and oxygen atoms in total. The van der Waals surface area contributed by atoms with E-state index in [2.05, 4.69) is 4.98 Å². The van der Waals surface area contributed by atoms with Crippen LogP contribution in [0.5, 0.6) is 0 Å². The summed E-state index contributed by atoms with van der Waals surface area (Å²) < 4.78 is 13.4. The summed E-state index contributed by atoms with van der Waals surface area (Å²) in [4.78, 5) is 15.7. The van der Waals surface area contributed by atoms with Crippen LogP contribution in [0, 0.1) is 5.82 Å². The summed E-state index contributed by atoms with van der Waals surface area (Å²) in [7, 11) is 0. The first-order valence-corrected chi connectivity index (χ1v) is 5.42. The number of aromatic nitrogens is 1. The fraction of sp³-hybridized carbons (Fsp3) is 0.0769. The molecule has 4 heteroatoms. The van der Waals surface area contributed by atoms with E-state index >= 15 is 0 Å². The fourth-order valence-electron chi connectivity index (χ4n) is 1.49. The highest BCUT2D eigenvalue weighted by Crippen LogP contribution is 2.16. The number of nitrogens with zero attached hydrogens (tertiary/aromatic N) is 1. The quantitative estimate of drug-likeness (QED) is 0.782. The second kappa shape index (κ2) is 5.06. The molecule has 1 aromatic carbocycles. The van der Waals surface area contributed by atoms with Crippen LogP contribution in [0.3, 0.4) is 0 Å². The predicted octanol–water partition coefficient (Wildman–Crippen LogP) is 3.30. The number of benzene rings is 1. The fourth-order valence-corrected chi connectivity index (χ4v) is 1.69. The van der Waals surface area contributed by atoms with Gasteiger partial charge in [-0.2, -0.15) is 0 Å². The van der Waals surface area contributed by atoms with Crippen molar-refractivity contribution in [1.82, 2.24) is 4.98 Å². The van der Waals surface area contributed by atoms with Crippen molar-refractivity contribution in [3.05, 3.63) is 64.7 Å². The van der Waals surface area contributed by atoms with Crippen molar-refractivity contribution in [2.45, 2.75) is 6.42 Å². The maximum absolute atomic E-state index is 13.4. The van der Waals surface area contributed by atoms with E-state index in [-0.39, 0.29) is 12.2 Å². The van der Waals surface area contributed by atoms with Gasteiger partial charge in [0.25, 0.3) is 0 Å². The van der Waals surface area contributed by atoms with Crippen LogP contribution in [0.15, 0.2) is 42.7 Å². The molecular formula is C13H9ClFNO. The lowest BCUT2D eigenvalue weighted by atomic mass is 10.0. The molecule has 0 unspecified atom stereocenters. The lowest BCUT2D eigenvalue weighted by Crippen LogP contribution is -2.05. The van der Waals surface area contributed by atoms with Crippen LogP contribution >= 0.6 is 11.6 Å². The summed E-state index contributed by atoms with van der Waals surface area (Å²) in [6.07, 6.45) is 3.06. The highest BCUT2D eigenvalue weighted by molar-refractivity contribution is 6.30. The highest BCUT2D eigenvalue weighted by atomic mass is 35.5. The highest BCUT2D eigenvalue weighted by Gasteiger charge is 2.10. The molecule has 0 N–H and O–H groups in total. The molecule has 86 valence electrons. The van der Waals surface area contributed by atoms with Crippen LogP contribution in [0.1, 0.15) is 15.9 Å². The van der Waals surface area contributed by atoms with E-state index in [0.717, 1.165) is 0 Å². The number of ketones is 1. The molecule has 0 saturated carbocycles. The molecule has 0 aliphatic carbocycles. The molecule has 0 aliphatic heterocycles. The Hall–Kier alpha value is -1.74. The molecule has 0 aliphatic rings. The van der Waals surface area contributed by atoms with Gasteiger partial charge in [0.05, 0.1) is 0 Å². The molecule has 0 spiro atoms. The van der Waals surface area contributed by atoms with E-state index < -0.39 is 5.82 Å². The number of rotatable bonds is 3. The van der Waals surface area contributed by atoms with Crippen molar-refractivity contribution in [3.63, 3.8) is 0 Å². The van der Waals surface area contributed by atoms with Crippen LogP contribution < -0.4 is 0 Å². The molecule has 17 heavy (non-hydrogen) atoms. The monoisotopic (exact) mass is 249 g/mol. The van der Waals surface area contributed by atoms with Crippen LogP contribution in [0.4, 0.5) is 4.39 Å². The van der Waals surface area contributed by atoms with E-state index in [0.29, 0.717) is 16.1 Å². The van der Waals surface area contributed by atoms with Crippen molar-refractivity contribution in [2.24, 2.45) is 0 Å². The zero-order valence-electron chi connectivity index (χ0n) is 8.86. The molecule has 0 atom stereocenters. The van der Waals surface area contributed by atoms with Crippen molar-refractivity contribution < 1.29 is 9.18 Å². The minimum absolute atomic E-state index is 0.00356. The number of carbonyl (C=O) groups is 1. The van der Waals surface area contributed by atoms with Crippen molar-refractivity contribution in [3.8, 4) is 0 Å². The third-order valence-electron chi connectivity index (χ3n) is 2.36. The number of Topliss-reactive ketones (excluding diaryl/α,β-unsaturated/α-hetero) is 1. The Morgan fingerprint density at radius 3 is 2.65 bits per heavy atom. The normalized spacial score (nSPS) is 10.2. The Bertz CT molecular complexity index is 542. The van der Waals surface area contributed by atoms with Crippen LogP contribution in [-0.2, 0) is 6.42 Å². The van der Waals surface area contributed by atoms with Crippen molar-refractivity contribution in [1.29, 1.82) is 0 Å². The summed E-state index contributed by atoms with van der Waals surface area (Å²) >= 11 is 5.76. The van der Waals surface area contributed by atoms with Gasteiger partial charge in [0, 0.05) is 29.4 Å². The third kappa shape index (κ3) is 2.88.